The van der Waals surface area contributed by atoms with Crippen LogP contribution in [-0.2, 0) is 0 Å². The summed E-state index contributed by atoms with van der Waals surface area (Å²) >= 11 is 0. The Hall–Kier alpha value is -1.29. The second-order valence-electron chi connectivity index (χ2n) is 3.23. The summed E-state index contributed by atoms with van der Waals surface area (Å²) in [5, 5.41) is 9.05. The second-order valence-corrected chi connectivity index (χ2v) is 3.23. The zero-order valence-electron chi connectivity index (χ0n) is 8.15. The number of phenols is 1. The number of benzene rings is 1. The topological polar surface area (TPSA) is 49.5 Å². The zero-order chi connectivity index (χ0) is 10.6. The molecule has 1 rings (SSSR count). The fourth-order valence-corrected chi connectivity index (χ4v) is 1.18. The minimum atomic E-state index is -1.02. The Kier molecular flexibility index (Phi) is 3.71. The van der Waals surface area contributed by atoms with E-state index in [1.54, 1.807) is 36.2 Å². The largest absolute Gasteiger partial charge is 0.508 e. The monoisotopic (exact) mass is 198 g/mol. The average Bonchev–Trinajstić information content (AvgIpc) is 2.18. The first kappa shape index (κ1) is 10.8. The number of rotatable bonds is 4. The van der Waals surface area contributed by atoms with Crippen molar-refractivity contribution in [2.75, 3.05) is 25.0 Å². The van der Waals surface area contributed by atoms with Crippen LogP contribution in [0.1, 0.15) is 0 Å². The summed E-state index contributed by atoms with van der Waals surface area (Å²) in [6, 6.07) is 6.61. The Morgan fingerprint density at radius 3 is 2.50 bits per heavy atom. The van der Waals surface area contributed by atoms with Crippen molar-refractivity contribution >= 4 is 5.69 Å². The summed E-state index contributed by atoms with van der Waals surface area (Å²) in [5.74, 6) is 0.206. The van der Waals surface area contributed by atoms with Crippen molar-refractivity contribution in [2.24, 2.45) is 5.73 Å². The fraction of sp³-hybridized carbons (Fsp3) is 0.400. The van der Waals surface area contributed by atoms with Crippen molar-refractivity contribution in [3.8, 4) is 5.75 Å². The lowest BCUT2D eigenvalue weighted by Crippen LogP contribution is -2.31. The predicted molar refractivity (Wildman–Crippen MR) is 55.3 cm³/mol. The molecule has 0 bridgehead atoms. The summed E-state index contributed by atoms with van der Waals surface area (Å²) in [7, 11) is 1.79. The lowest BCUT2D eigenvalue weighted by atomic mass is 10.2. The zero-order valence-corrected chi connectivity index (χ0v) is 8.15. The molecule has 0 aliphatic carbocycles. The third kappa shape index (κ3) is 2.88. The number of halogens is 1. The molecule has 0 radical (unpaired) electrons. The first-order valence-electron chi connectivity index (χ1n) is 4.47. The minimum absolute atomic E-state index is 0.0302. The van der Waals surface area contributed by atoms with Crippen LogP contribution in [0.15, 0.2) is 24.3 Å². The molecule has 3 nitrogen and oxygen atoms in total. The van der Waals surface area contributed by atoms with Crippen molar-refractivity contribution in [3.63, 3.8) is 0 Å². The summed E-state index contributed by atoms with van der Waals surface area (Å²) in [5.41, 5.74) is 6.04. The van der Waals surface area contributed by atoms with Gasteiger partial charge in [-0.25, -0.2) is 4.39 Å². The number of nitrogens with zero attached hydrogens (tertiary/aromatic N) is 1. The van der Waals surface area contributed by atoms with Crippen LogP contribution in [0.2, 0.25) is 0 Å². The standard InChI is InChI=1S/C10H15FN2O/c1-13(7-8(11)6-12)9-2-4-10(14)5-3-9/h2-5,8,14H,6-7,12H2,1H3. The maximum Gasteiger partial charge on any atom is 0.130 e. The van der Waals surface area contributed by atoms with Crippen molar-refractivity contribution in [3.05, 3.63) is 24.3 Å². The molecule has 0 fully saturated rings. The van der Waals surface area contributed by atoms with E-state index in [1.165, 1.54) is 0 Å². The Morgan fingerprint density at radius 2 is 2.00 bits per heavy atom. The molecule has 0 aliphatic heterocycles. The third-order valence-corrected chi connectivity index (χ3v) is 2.02. The molecule has 1 aromatic carbocycles. The first-order valence-corrected chi connectivity index (χ1v) is 4.47. The molecule has 0 aliphatic rings. The van der Waals surface area contributed by atoms with E-state index in [4.69, 9.17) is 10.8 Å². The molecule has 4 heteroatoms. The molecular weight excluding hydrogens is 183 g/mol. The highest BCUT2D eigenvalue weighted by Gasteiger charge is 2.08. The number of alkyl halides is 1. The van der Waals surface area contributed by atoms with Crippen LogP contribution < -0.4 is 10.6 Å². The van der Waals surface area contributed by atoms with Crippen LogP contribution >= 0.6 is 0 Å². The molecule has 0 saturated carbocycles. The number of anilines is 1. The van der Waals surface area contributed by atoms with Crippen LogP contribution in [0.3, 0.4) is 0 Å². The van der Waals surface area contributed by atoms with Gasteiger partial charge in [-0.2, -0.15) is 0 Å². The van der Waals surface area contributed by atoms with Gasteiger partial charge in [0.1, 0.15) is 11.9 Å². The maximum atomic E-state index is 12.9. The van der Waals surface area contributed by atoms with Gasteiger partial charge in [0, 0.05) is 19.3 Å². The normalized spacial score (nSPS) is 12.5. The van der Waals surface area contributed by atoms with Crippen LogP contribution in [0.25, 0.3) is 0 Å². The van der Waals surface area contributed by atoms with Gasteiger partial charge in [-0.05, 0) is 24.3 Å². The van der Waals surface area contributed by atoms with E-state index in [2.05, 4.69) is 0 Å². The number of hydrogen-bond acceptors (Lipinski definition) is 3. The van der Waals surface area contributed by atoms with E-state index in [-0.39, 0.29) is 18.8 Å². The lowest BCUT2D eigenvalue weighted by Gasteiger charge is -2.20. The minimum Gasteiger partial charge on any atom is -0.508 e. The summed E-state index contributed by atoms with van der Waals surface area (Å²) in [6.45, 7) is 0.295. The summed E-state index contributed by atoms with van der Waals surface area (Å²) in [6.07, 6.45) is -1.02. The van der Waals surface area contributed by atoms with E-state index in [0.717, 1.165) is 5.69 Å². The van der Waals surface area contributed by atoms with Gasteiger partial charge in [-0.15, -0.1) is 0 Å². The van der Waals surface area contributed by atoms with Gasteiger partial charge < -0.3 is 15.7 Å². The highest BCUT2D eigenvalue weighted by atomic mass is 19.1. The average molecular weight is 198 g/mol. The molecular formula is C10H15FN2O. The smallest absolute Gasteiger partial charge is 0.130 e. The van der Waals surface area contributed by atoms with E-state index in [9.17, 15) is 4.39 Å². The van der Waals surface area contributed by atoms with Crippen molar-refractivity contribution in [1.82, 2.24) is 0 Å². The van der Waals surface area contributed by atoms with E-state index < -0.39 is 6.17 Å². The Bertz CT molecular complexity index is 276. The predicted octanol–water partition coefficient (Wildman–Crippen LogP) is 1.13. The summed E-state index contributed by atoms with van der Waals surface area (Å²) in [4.78, 5) is 1.76. The number of phenolic OH excluding ortho intramolecular Hbond substituents is 1. The molecule has 78 valence electrons. The Labute approximate surface area is 83.0 Å². The third-order valence-electron chi connectivity index (χ3n) is 2.02. The van der Waals surface area contributed by atoms with Gasteiger partial charge >= 0.3 is 0 Å². The highest BCUT2D eigenvalue weighted by molar-refractivity contribution is 5.48. The van der Waals surface area contributed by atoms with E-state index in [1.807, 2.05) is 0 Å². The first-order chi connectivity index (χ1) is 6.63. The molecule has 0 aromatic heterocycles. The quantitative estimate of drug-likeness (QED) is 0.762. The number of aromatic hydroxyl groups is 1. The molecule has 0 spiro atoms. The van der Waals surface area contributed by atoms with Crippen molar-refractivity contribution in [2.45, 2.75) is 6.17 Å². The molecule has 1 atom stereocenters. The van der Waals surface area contributed by atoms with E-state index >= 15 is 0 Å². The van der Waals surface area contributed by atoms with Gasteiger partial charge in [-0.1, -0.05) is 0 Å². The SMILES string of the molecule is CN(CC(F)CN)c1ccc(O)cc1. The van der Waals surface area contributed by atoms with Gasteiger partial charge in [0.2, 0.25) is 0 Å². The molecule has 1 aromatic rings. The Balaban J connectivity index is 2.60. The van der Waals surface area contributed by atoms with Crippen molar-refractivity contribution in [1.29, 1.82) is 0 Å². The van der Waals surface area contributed by atoms with Crippen LogP contribution in [0.5, 0.6) is 5.75 Å². The van der Waals surface area contributed by atoms with Gasteiger partial charge in [-0.3, -0.25) is 0 Å². The van der Waals surface area contributed by atoms with Gasteiger partial charge in [0.25, 0.3) is 0 Å². The van der Waals surface area contributed by atoms with Crippen molar-refractivity contribution < 1.29 is 9.50 Å². The molecule has 3 N–H and O–H groups in total. The molecule has 14 heavy (non-hydrogen) atoms. The van der Waals surface area contributed by atoms with Gasteiger partial charge in [0.15, 0.2) is 0 Å². The Morgan fingerprint density at radius 1 is 1.43 bits per heavy atom. The van der Waals surface area contributed by atoms with Crippen LogP contribution in [0, 0.1) is 0 Å². The van der Waals surface area contributed by atoms with Crippen LogP contribution in [0.4, 0.5) is 10.1 Å². The highest BCUT2D eigenvalue weighted by Crippen LogP contribution is 2.17. The number of nitrogens with two attached hydrogens (primary N) is 1. The van der Waals surface area contributed by atoms with Crippen LogP contribution in [-0.4, -0.2) is 31.4 Å². The molecule has 1 unspecified atom stereocenters. The maximum absolute atomic E-state index is 12.9. The summed E-state index contributed by atoms with van der Waals surface area (Å²) < 4.78 is 12.9. The molecule has 0 amide bonds. The van der Waals surface area contributed by atoms with E-state index in [0.29, 0.717) is 0 Å². The molecule has 0 saturated heterocycles. The fourth-order valence-electron chi connectivity index (χ4n) is 1.18. The second kappa shape index (κ2) is 4.81. The molecule has 0 heterocycles. The van der Waals surface area contributed by atoms with Gasteiger partial charge in [0.05, 0.1) is 6.54 Å². The lowest BCUT2D eigenvalue weighted by molar-refractivity contribution is 0.346. The number of hydrogen-bond donors (Lipinski definition) is 2.